The molecule has 0 spiro atoms. The number of piperidine rings is 1. The number of nitrogens with zero attached hydrogens (tertiary/aromatic N) is 4. The van der Waals surface area contributed by atoms with Crippen LogP contribution in [-0.4, -0.2) is 54.5 Å². The van der Waals surface area contributed by atoms with E-state index in [2.05, 4.69) is 70.4 Å². The first-order chi connectivity index (χ1) is 13.6. The highest BCUT2D eigenvalue weighted by Crippen LogP contribution is 2.22. The Morgan fingerprint density at radius 3 is 2.71 bits per heavy atom. The Morgan fingerprint density at radius 1 is 1.29 bits per heavy atom. The molecule has 1 amide bonds. The van der Waals surface area contributed by atoms with Crippen molar-refractivity contribution >= 4 is 11.7 Å². The Hall–Kier alpha value is -2.47. The predicted molar refractivity (Wildman–Crippen MR) is 112 cm³/mol. The maximum absolute atomic E-state index is 12.8. The van der Waals surface area contributed by atoms with Crippen molar-refractivity contribution in [1.29, 1.82) is 0 Å². The zero-order chi connectivity index (χ0) is 19.9. The topological polar surface area (TPSA) is 61.4 Å². The molecule has 0 aliphatic carbocycles. The van der Waals surface area contributed by atoms with Crippen LogP contribution in [0.2, 0.25) is 0 Å². The Balaban J connectivity index is 1.59. The molecule has 1 fully saturated rings. The van der Waals surface area contributed by atoms with Gasteiger partial charge in [-0.25, -0.2) is 4.98 Å². The number of hydrogen-bond acceptors (Lipinski definition) is 5. The lowest BCUT2D eigenvalue weighted by Gasteiger charge is -2.33. The lowest BCUT2D eigenvalue weighted by atomic mass is 9.96. The van der Waals surface area contributed by atoms with Gasteiger partial charge in [0.05, 0.1) is 18.2 Å². The van der Waals surface area contributed by atoms with E-state index in [9.17, 15) is 4.79 Å². The number of nitrogens with one attached hydrogen (secondary N) is 1. The SMILES string of the molecule is CCc1ccc([C@H](CNC(=O)[C@H]2CCCN(c3cnccn3)C2)N(C)C)cc1. The summed E-state index contributed by atoms with van der Waals surface area (Å²) < 4.78 is 0. The molecule has 1 N–H and O–H groups in total. The van der Waals surface area contributed by atoms with Gasteiger partial charge in [-0.05, 0) is 44.5 Å². The summed E-state index contributed by atoms with van der Waals surface area (Å²) in [4.78, 5) is 25.7. The quantitative estimate of drug-likeness (QED) is 0.799. The summed E-state index contributed by atoms with van der Waals surface area (Å²) in [7, 11) is 4.11. The fourth-order valence-electron chi connectivity index (χ4n) is 3.77. The first-order valence-electron chi connectivity index (χ1n) is 10.1. The molecule has 1 aliphatic heterocycles. The molecule has 1 saturated heterocycles. The molecular weight excluding hydrogens is 350 g/mol. The number of hydrogen-bond donors (Lipinski definition) is 1. The molecule has 2 aromatic rings. The average Bonchev–Trinajstić information content (AvgIpc) is 2.74. The number of rotatable bonds is 7. The van der Waals surface area contributed by atoms with Crippen molar-refractivity contribution in [1.82, 2.24) is 20.2 Å². The van der Waals surface area contributed by atoms with Crippen LogP contribution in [0.5, 0.6) is 0 Å². The van der Waals surface area contributed by atoms with E-state index in [1.807, 2.05) is 0 Å². The summed E-state index contributed by atoms with van der Waals surface area (Å²) in [6.07, 6.45) is 8.08. The van der Waals surface area contributed by atoms with Crippen LogP contribution in [0.4, 0.5) is 5.82 Å². The fourth-order valence-corrected chi connectivity index (χ4v) is 3.77. The van der Waals surface area contributed by atoms with Crippen LogP contribution in [0.15, 0.2) is 42.9 Å². The van der Waals surface area contributed by atoms with Gasteiger partial charge in [0.25, 0.3) is 0 Å². The van der Waals surface area contributed by atoms with Crippen LogP contribution in [0.1, 0.15) is 36.9 Å². The number of benzene rings is 1. The molecule has 2 atom stereocenters. The number of carbonyl (C=O) groups is 1. The summed E-state index contributed by atoms with van der Waals surface area (Å²) in [5, 5.41) is 3.19. The molecule has 0 radical (unpaired) electrons. The van der Waals surface area contributed by atoms with Crippen LogP contribution in [0.25, 0.3) is 0 Å². The Labute approximate surface area is 168 Å². The van der Waals surface area contributed by atoms with Gasteiger partial charge in [-0.3, -0.25) is 9.78 Å². The molecule has 28 heavy (non-hydrogen) atoms. The van der Waals surface area contributed by atoms with Crippen LogP contribution < -0.4 is 10.2 Å². The van der Waals surface area contributed by atoms with E-state index in [1.54, 1.807) is 18.6 Å². The van der Waals surface area contributed by atoms with Gasteiger partial charge in [-0.1, -0.05) is 31.2 Å². The molecule has 6 nitrogen and oxygen atoms in total. The highest BCUT2D eigenvalue weighted by atomic mass is 16.1. The zero-order valence-corrected chi connectivity index (χ0v) is 17.1. The normalized spacial score (nSPS) is 18.1. The summed E-state index contributed by atoms with van der Waals surface area (Å²) in [5.74, 6) is 0.967. The van der Waals surface area contributed by atoms with Gasteiger partial charge in [0.1, 0.15) is 5.82 Å². The van der Waals surface area contributed by atoms with E-state index >= 15 is 0 Å². The fraction of sp³-hybridized carbons (Fsp3) is 0.500. The van der Waals surface area contributed by atoms with Crippen molar-refractivity contribution in [2.24, 2.45) is 5.92 Å². The third kappa shape index (κ3) is 5.07. The monoisotopic (exact) mass is 381 g/mol. The summed E-state index contributed by atoms with van der Waals surface area (Å²) >= 11 is 0. The first kappa shape index (κ1) is 20.3. The first-order valence-corrected chi connectivity index (χ1v) is 10.1. The standard InChI is InChI=1S/C22H31N5O/c1-4-17-7-9-18(10-8-17)20(26(2)3)14-25-22(28)19-6-5-13-27(16-19)21-15-23-11-12-24-21/h7-12,15,19-20H,4-6,13-14,16H2,1-3H3,(H,25,28)/t19-,20-/m0/s1. The molecule has 0 saturated carbocycles. The maximum Gasteiger partial charge on any atom is 0.224 e. The van der Waals surface area contributed by atoms with Crippen molar-refractivity contribution in [3.05, 3.63) is 54.0 Å². The van der Waals surface area contributed by atoms with Crippen LogP contribution in [0, 0.1) is 5.92 Å². The van der Waals surface area contributed by atoms with E-state index in [-0.39, 0.29) is 17.9 Å². The van der Waals surface area contributed by atoms with Crippen molar-refractivity contribution in [2.45, 2.75) is 32.2 Å². The summed E-state index contributed by atoms with van der Waals surface area (Å²) in [6.45, 7) is 4.39. The van der Waals surface area contributed by atoms with Gasteiger partial charge in [-0.2, -0.15) is 0 Å². The van der Waals surface area contributed by atoms with Crippen LogP contribution >= 0.6 is 0 Å². The Morgan fingerprint density at radius 2 is 2.07 bits per heavy atom. The van der Waals surface area contributed by atoms with Crippen molar-refractivity contribution < 1.29 is 4.79 Å². The Kier molecular flexibility index (Phi) is 6.98. The largest absolute Gasteiger partial charge is 0.355 e. The summed E-state index contributed by atoms with van der Waals surface area (Å²) in [5.41, 5.74) is 2.56. The minimum atomic E-state index is -0.0129. The lowest BCUT2D eigenvalue weighted by Crippen LogP contribution is -2.45. The average molecular weight is 382 g/mol. The maximum atomic E-state index is 12.8. The van der Waals surface area contributed by atoms with Crippen molar-refractivity contribution in [2.75, 3.05) is 38.6 Å². The number of carbonyl (C=O) groups excluding carboxylic acids is 1. The minimum Gasteiger partial charge on any atom is -0.355 e. The smallest absolute Gasteiger partial charge is 0.224 e. The zero-order valence-electron chi connectivity index (χ0n) is 17.1. The van der Waals surface area contributed by atoms with E-state index in [0.29, 0.717) is 13.1 Å². The number of aryl methyl sites for hydroxylation is 1. The second-order valence-electron chi connectivity index (χ2n) is 7.67. The molecule has 150 valence electrons. The van der Waals surface area contributed by atoms with E-state index in [0.717, 1.165) is 31.6 Å². The number of aromatic nitrogens is 2. The second kappa shape index (κ2) is 9.64. The molecular formula is C22H31N5O. The molecule has 1 aromatic carbocycles. The minimum absolute atomic E-state index is 0.0129. The molecule has 0 unspecified atom stereocenters. The third-order valence-electron chi connectivity index (χ3n) is 5.53. The van der Waals surface area contributed by atoms with Gasteiger partial charge in [0, 0.05) is 32.0 Å². The van der Waals surface area contributed by atoms with Crippen LogP contribution in [-0.2, 0) is 11.2 Å². The molecule has 1 aliphatic rings. The number of anilines is 1. The predicted octanol–water partition coefficient (Wildman–Crippen LogP) is 2.67. The van der Waals surface area contributed by atoms with Crippen molar-refractivity contribution in [3.8, 4) is 0 Å². The Bertz CT molecular complexity index is 747. The lowest BCUT2D eigenvalue weighted by molar-refractivity contribution is -0.125. The molecule has 1 aromatic heterocycles. The molecule has 0 bridgehead atoms. The third-order valence-corrected chi connectivity index (χ3v) is 5.53. The number of amides is 1. The highest BCUT2D eigenvalue weighted by molar-refractivity contribution is 5.79. The van der Waals surface area contributed by atoms with Crippen molar-refractivity contribution in [3.63, 3.8) is 0 Å². The van der Waals surface area contributed by atoms with E-state index in [4.69, 9.17) is 0 Å². The second-order valence-corrected chi connectivity index (χ2v) is 7.67. The molecule has 2 heterocycles. The van der Waals surface area contributed by atoms with Crippen LogP contribution in [0.3, 0.4) is 0 Å². The van der Waals surface area contributed by atoms with Gasteiger partial charge < -0.3 is 15.1 Å². The van der Waals surface area contributed by atoms with Gasteiger partial charge in [0.2, 0.25) is 5.91 Å². The number of likely N-dealkylation sites (N-methyl/N-ethyl adjacent to an activating group) is 1. The van der Waals surface area contributed by atoms with E-state index < -0.39 is 0 Å². The van der Waals surface area contributed by atoms with Gasteiger partial charge >= 0.3 is 0 Å². The van der Waals surface area contributed by atoms with E-state index in [1.165, 1.54) is 11.1 Å². The van der Waals surface area contributed by atoms with Gasteiger partial charge in [0.15, 0.2) is 0 Å². The summed E-state index contributed by atoms with van der Waals surface area (Å²) in [6, 6.07) is 8.86. The molecule has 6 heteroatoms. The van der Waals surface area contributed by atoms with Gasteiger partial charge in [-0.15, -0.1) is 0 Å². The highest BCUT2D eigenvalue weighted by Gasteiger charge is 2.27. The molecule has 3 rings (SSSR count).